The molecule has 2 aromatic rings. The molecule has 1 atom stereocenters. The number of halogens is 1. The molecule has 3 nitrogen and oxygen atoms in total. The molecule has 0 aliphatic rings. The lowest BCUT2D eigenvalue weighted by Crippen LogP contribution is -2.17. The molecule has 0 saturated heterocycles. The second kappa shape index (κ2) is 7.66. The molecule has 0 bridgehead atoms. The van der Waals surface area contributed by atoms with Crippen LogP contribution < -0.4 is 5.32 Å². The number of hydrogen-bond donors (Lipinski definition) is 1. The van der Waals surface area contributed by atoms with Crippen LogP contribution in [0.2, 0.25) is 5.02 Å². The highest BCUT2D eigenvalue weighted by Crippen LogP contribution is 2.37. The van der Waals surface area contributed by atoms with E-state index in [0.717, 1.165) is 25.1 Å². The first-order valence-electron chi connectivity index (χ1n) is 6.22. The summed E-state index contributed by atoms with van der Waals surface area (Å²) < 4.78 is 1.89. The maximum absolute atomic E-state index is 6.37. The summed E-state index contributed by atoms with van der Waals surface area (Å²) in [5.74, 6) is 0. The van der Waals surface area contributed by atoms with Crippen LogP contribution in [0.4, 0.5) is 0 Å². The van der Waals surface area contributed by atoms with Crippen LogP contribution in [0.5, 0.6) is 0 Å². The summed E-state index contributed by atoms with van der Waals surface area (Å²) in [6, 6.07) is 6.49. The fourth-order valence-corrected chi connectivity index (χ4v) is 4.41. The molecule has 0 aliphatic carbocycles. The maximum atomic E-state index is 6.37. The molecule has 1 heterocycles. The Balaban J connectivity index is 2.13. The van der Waals surface area contributed by atoms with Gasteiger partial charge >= 0.3 is 0 Å². The molecule has 1 aromatic heterocycles. The zero-order valence-corrected chi connectivity index (χ0v) is 14.7. The van der Waals surface area contributed by atoms with Crippen LogP contribution in [0.25, 0.3) is 0 Å². The Bertz CT molecular complexity index is 574. The average Bonchev–Trinajstić information content (AvgIpc) is 2.89. The van der Waals surface area contributed by atoms with E-state index in [4.69, 9.17) is 11.6 Å². The van der Waals surface area contributed by atoms with E-state index in [-0.39, 0.29) is 0 Å². The zero-order valence-electron chi connectivity index (χ0n) is 11.5. The molecule has 0 spiro atoms. The van der Waals surface area contributed by atoms with Gasteiger partial charge in [0.2, 0.25) is 0 Å². The van der Waals surface area contributed by atoms with Crippen LogP contribution >= 0.6 is 46.5 Å². The second-order valence-corrected chi connectivity index (χ2v) is 7.84. The first-order chi connectivity index (χ1) is 9.63. The van der Waals surface area contributed by atoms with E-state index < -0.39 is 0 Å². The third-order valence-corrected chi connectivity index (χ3v) is 6.18. The fraction of sp³-hybridized carbons (Fsp3) is 0.385. The lowest BCUT2D eigenvalue weighted by Gasteiger charge is -2.13. The van der Waals surface area contributed by atoms with Gasteiger partial charge in [0.1, 0.15) is 0 Å². The summed E-state index contributed by atoms with van der Waals surface area (Å²) in [6.45, 7) is 5.18. The summed E-state index contributed by atoms with van der Waals surface area (Å²) in [4.78, 5) is 1.02. The molecule has 20 heavy (non-hydrogen) atoms. The molecule has 0 aliphatic heterocycles. The standard InChI is InChI=1S/C13H16ClN3S3/c1-4-15-8(2)9-5-6-11(10(14)7-9)19-13-17-16-12(18-3)20-13/h5-8,15H,4H2,1-3H3. The number of nitrogens with one attached hydrogen (secondary N) is 1. The van der Waals surface area contributed by atoms with E-state index in [2.05, 4.69) is 41.5 Å². The molecule has 1 N–H and O–H groups in total. The normalized spacial score (nSPS) is 12.6. The number of rotatable bonds is 6. The Hall–Kier alpha value is -0.270. The number of nitrogens with zero attached hydrogens (tertiary/aromatic N) is 2. The van der Waals surface area contributed by atoms with E-state index >= 15 is 0 Å². The summed E-state index contributed by atoms with van der Waals surface area (Å²) in [5.41, 5.74) is 1.20. The van der Waals surface area contributed by atoms with Crippen molar-refractivity contribution in [1.29, 1.82) is 0 Å². The highest BCUT2D eigenvalue weighted by Gasteiger charge is 2.11. The van der Waals surface area contributed by atoms with Crippen molar-refractivity contribution in [3.05, 3.63) is 28.8 Å². The Morgan fingerprint density at radius 1 is 1.35 bits per heavy atom. The molecule has 0 radical (unpaired) electrons. The third kappa shape index (κ3) is 4.11. The summed E-state index contributed by atoms with van der Waals surface area (Å²) in [6.07, 6.45) is 2.00. The Morgan fingerprint density at radius 2 is 2.10 bits per heavy atom. The number of aromatic nitrogens is 2. The molecular formula is C13H16ClN3S3. The quantitative estimate of drug-likeness (QED) is 0.766. The van der Waals surface area contributed by atoms with Gasteiger partial charge in [0.05, 0.1) is 5.02 Å². The molecule has 2 rings (SSSR count). The van der Waals surface area contributed by atoms with Crippen LogP contribution in [-0.4, -0.2) is 23.0 Å². The van der Waals surface area contributed by atoms with E-state index in [1.165, 1.54) is 5.56 Å². The van der Waals surface area contributed by atoms with Crippen molar-refractivity contribution in [3.8, 4) is 0 Å². The Kier molecular flexibility index (Phi) is 6.17. The van der Waals surface area contributed by atoms with Gasteiger partial charge in [-0.25, -0.2) is 0 Å². The van der Waals surface area contributed by atoms with Gasteiger partial charge in [-0.05, 0) is 37.4 Å². The highest BCUT2D eigenvalue weighted by molar-refractivity contribution is 8.03. The first-order valence-corrected chi connectivity index (χ1v) is 9.45. The van der Waals surface area contributed by atoms with Crippen molar-refractivity contribution in [2.75, 3.05) is 12.8 Å². The van der Waals surface area contributed by atoms with Gasteiger partial charge < -0.3 is 5.32 Å². The van der Waals surface area contributed by atoms with E-state index in [9.17, 15) is 0 Å². The monoisotopic (exact) mass is 345 g/mol. The predicted octanol–water partition coefficient (Wildman–Crippen LogP) is 4.74. The molecule has 1 aromatic carbocycles. The summed E-state index contributed by atoms with van der Waals surface area (Å²) in [5, 5.41) is 12.4. The van der Waals surface area contributed by atoms with Gasteiger partial charge in [-0.1, -0.05) is 59.5 Å². The molecular weight excluding hydrogens is 330 g/mol. The smallest absolute Gasteiger partial charge is 0.179 e. The van der Waals surface area contributed by atoms with Crippen LogP contribution in [0.15, 0.2) is 31.8 Å². The predicted molar refractivity (Wildman–Crippen MR) is 89.4 cm³/mol. The van der Waals surface area contributed by atoms with Crippen molar-refractivity contribution in [1.82, 2.24) is 15.5 Å². The van der Waals surface area contributed by atoms with Crippen molar-refractivity contribution in [2.45, 2.75) is 33.5 Å². The molecule has 0 amide bonds. The Labute approximate surface area is 136 Å². The van der Waals surface area contributed by atoms with Crippen LogP contribution in [0, 0.1) is 0 Å². The molecule has 1 unspecified atom stereocenters. The van der Waals surface area contributed by atoms with Crippen molar-refractivity contribution in [2.24, 2.45) is 0 Å². The van der Waals surface area contributed by atoms with Crippen LogP contribution in [-0.2, 0) is 0 Å². The van der Waals surface area contributed by atoms with Crippen LogP contribution in [0.3, 0.4) is 0 Å². The van der Waals surface area contributed by atoms with Gasteiger partial charge in [-0.15, -0.1) is 10.2 Å². The number of hydrogen-bond acceptors (Lipinski definition) is 6. The lowest BCUT2D eigenvalue weighted by atomic mass is 10.1. The average molecular weight is 346 g/mol. The topological polar surface area (TPSA) is 37.8 Å². The van der Waals surface area contributed by atoms with Gasteiger partial charge in [0.15, 0.2) is 8.68 Å². The second-order valence-electron chi connectivity index (χ2n) is 4.11. The molecule has 108 valence electrons. The van der Waals surface area contributed by atoms with Gasteiger partial charge in [-0.2, -0.15) is 0 Å². The first kappa shape index (κ1) is 16.1. The minimum Gasteiger partial charge on any atom is -0.310 e. The largest absolute Gasteiger partial charge is 0.310 e. The highest BCUT2D eigenvalue weighted by atomic mass is 35.5. The lowest BCUT2D eigenvalue weighted by molar-refractivity contribution is 0.598. The summed E-state index contributed by atoms with van der Waals surface area (Å²) in [7, 11) is 0. The van der Waals surface area contributed by atoms with E-state index in [1.54, 1.807) is 34.9 Å². The fourth-order valence-electron chi connectivity index (χ4n) is 1.71. The van der Waals surface area contributed by atoms with Crippen molar-refractivity contribution in [3.63, 3.8) is 0 Å². The summed E-state index contributed by atoms with van der Waals surface area (Å²) >= 11 is 11.1. The minimum atomic E-state index is 0.307. The maximum Gasteiger partial charge on any atom is 0.179 e. The number of benzene rings is 1. The van der Waals surface area contributed by atoms with Crippen molar-refractivity contribution >= 4 is 46.5 Å². The third-order valence-electron chi connectivity index (χ3n) is 2.73. The van der Waals surface area contributed by atoms with Crippen molar-refractivity contribution < 1.29 is 0 Å². The molecule has 7 heteroatoms. The SMILES string of the molecule is CCNC(C)c1ccc(Sc2nnc(SC)s2)c(Cl)c1. The zero-order chi connectivity index (χ0) is 14.5. The van der Waals surface area contributed by atoms with E-state index in [1.807, 2.05) is 12.3 Å². The van der Waals surface area contributed by atoms with Gasteiger partial charge in [-0.3, -0.25) is 0 Å². The number of thioether (sulfide) groups is 1. The van der Waals surface area contributed by atoms with Crippen LogP contribution in [0.1, 0.15) is 25.5 Å². The van der Waals surface area contributed by atoms with E-state index in [0.29, 0.717) is 6.04 Å². The Morgan fingerprint density at radius 3 is 2.70 bits per heavy atom. The molecule has 0 saturated carbocycles. The van der Waals surface area contributed by atoms with Gasteiger partial charge in [0, 0.05) is 10.9 Å². The molecule has 0 fully saturated rings. The minimum absolute atomic E-state index is 0.307. The van der Waals surface area contributed by atoms with Gasteiger partial charge in [0.25, 0.3) is 0 Å².